The predicted octanol–water partition coefficient (Wildman–Crippen LogP) is 1.16. The maximum absolute atomic E-state index is 12.1. The lowest BCUT2D eigenvalue weighted by Gasteiger charge is -2.11. The molecule has 0 bridgehead atoms. The lowest BCUT2D eigenvalue weighted by molar-refractivity contribution is -0.136. The van der Waals surface area contributed by atoms with Crippen molar-refractivity contribution in [2.75, 3.05) is 13.2 Å². The Kier molecular flexibility index (Phi) is 5.33. The van der Waals surface area contributed by atoms with Gasteiger partial charge in [-0.1, -0.05) is 12.1 Å². The second-order valence-corrected chi connectivity index (χ2v) is 6.80. The third kappa shape index (κ3) is 4.80. The Morgan fingerprint density at radius 2 is 2.05 bits per heavy atom. The first kappa shape index (κ1) is 15.9. The zero-order valence-corrected chi connectivity index (χ0v) is 12.4. The number of aliphatic carboxylic acids is 1. The van der Waals surface area contributed by atoms with Crippen molar-refractivity contribution in [3.63, 3.8) is 0 Å². The number of rotatable bonds is 7. The van der Waals surface area contributed by atoms with Crippen LogP contribution in [-0.4, -0.2) is 38.7 Å². The van der Waals surface area contributed by atoms with Crippen molar-refractivity contribution in [1.29, 1.82) is 0 Å². The first-order valence-electron chi connectivity index (χ1n) is 6.89. The molecule has 7 heteroatoms. The summed E-state index contributed by atoms with van der Waals surface area (Å²) in [6, 6.07) is 5.88. The molecule has 2 N–H and O–H groups in total. The number of carboxylic acids is 1. The Balaban J connectivity index is 1.90. The van der Waals surface area contributed by atoms with E-state index in [0.29, 0.717) is 18.5 Å². The van der Waals surface area contributed by atoms with Crippen LogP contribution in [0.15, 0.2) is 29.2 Å². The molecule has 0 saturated carbocycles. The fraction of sp³-hybridized carbons (Fsp3) is 0.500. The summed E-state index contributed by atoms with van der Waals surface area (Å²) in [7, 11) is -3.55. The van der Waals surface area contributed by atoms with E-state index >= 15 is 0 Å². The third-order valence-electron chi connectivity index (χ3n) is 3.37. The highest BCUT2D eigenvalue weighted by Gasteiger charge is 2.18. The van der Waals surface area contributed by atoms with Gasteiger partial charge in [-0.2, -0.15) is 0 Å². The van der Waals surface area contributed by atoms with E-state index in [1.54, 1.807) is 0 Å². The van der Waals surface area contributed by atoms with Crippen LogP contribution in [-0.2, 0) is 26.0 Å². The first-order chi connectivity index (χ1) is 9.97. The number of nitrogens with one attached hydrogen (secondary N) is 1. The highest BCUT2D eigenvalue weighted by atomic mass is 32.2. The van der Waals surface area contributed by atoms with E-state index in [4.69, 9.17) is 9.84 Å². The maximum atomic E-state index is 12.1. The average Bonchev–Trinajstić information content (AvgIpc) is 2.91. The van der Waals surface area contributed by atoms with E-state index in [0.717, 1.165) is 19.4 Å². The molecule has 1 aromatic carbocycles. The number of benzene rings is 1. The molecule has 0 radical (unpaired) electrons. The van der Waals surface area contributed by atoms with Gasteiger partial charge in [0, 0.05) is 13.2 Å². The van der Waals surface area contributed by atoms with Gasteiger partial charge in [0.2, 0.25) is 10.0 Å². The van der Waals surface area contributed by atoms with Gasteiger partial charge in [-0.05, 0) is 37.0 Å². The molecule has 1 aromatic rings. The molecule has 0 spiro atoms. The van der Waals surface area contributed by atoms with Gasteiger partial charge in [0.15, 0.2) is 0 Å². The second kappa shape index (κ2) is 7.02. The molecule has 0 amide bonds. The van der Waals surface area contributed by atoms with Gasteiger partial charge >= 0.3 is 5.97 Å². The van der Waals surface area contributed by atoms with Crippen molar-refractivity contribution in [3.8, 4) is 0 Å². The van der Waals surface area contributed by atoms with E-state index < -0.39 is 16.0 Å². The predicted molar refractivity (Wildman–Crippen MR) is 76.6 cm³/mol. The highest BCUT2D eigenvalue weighted by molar-refractivity contribution is 7.89. The highest BCUT2D eigenvalue weighted by Crippen LogP contribution is 2.15. The van der Waals surface area contributed by atoms with Gasteiger partial charge in [0.1, 0.15) is 0 Å². The van der Waals surface area contributed by atoms with E-state index in [9.17, 15) is 13.2 Å². The molecular weight excluding hydrogens is 294 g/mol. The quantitative estimate of drug-likeness (QED) is 0.788. The molecule has 1 saturated heterocycles. The van der Waals surface area contributed by atoms with Gasteiger partial charge in [0.05, 0.1) is 17.4 Å². The summed E-state index contributed by atoms with van der Waals surface area (Å²) in [5, 5.41) is 8.67. The van der Waals surface area contributed by atoms with Crippen LogP contribution in [0.1, 0.15) is 24.8 Å². The number of hydrogen-bond donors (Lipinski definition) is 2. The summed E-state index contributed by atoms with van der Waals surface area (Å²) in [4.78, 5) is 10.7. The monoisotopic (exact) mass is 313 g/mol. The summed E-state index contributed by atoms with van der Waals surface area (Å²) >= 11 is 0. The van der Waals surface area contributed by atoms with Crippen LogP contribution < -0.4 is 4.72 Å². The van der Waals surface area contributed by atoms with Crippen LogP contribution in [0.25, 0.3) is 0 Å². The zero-order chi connectivity index (χ0) is 15.3. The minimum absolute atomic E-state index is 0.118. The normalized spacial score (nSPS) is 18.8. The molecule has 116 valence electrons. The molecule has 1 fully saturated rings. The van der Waals surface area contributed by atoms with Gasteiger partial charge in [-0.25, -0.2) is 13.1 Å². The summed E-state index contributed by atoms with van der Waals surface area (Å²) < 4.78 is 32.1. The van der Waals surface area contributed by atoms with Crippen LogP contribution in [0.5, 0.6) is 0 Å². The zero-order valence-electron chi connectivity index (χ0n) is 11.6. The van der Waals surface area contributed by atoms with Crippen molar-refractivity contribution < 1.29 is 23.1 Å². The Bertz CT molecular complexity index is 576. The van der Waals surface area contributed by atoms with E-state index in [1.807, 2.05) is 0 Å². The fourth-order valence-corrected chi connectivity index (χ4v) is 3.32. The molecule has 1 unspecified atom stereocenters. The average molecular weight is 313 g/mol. The molecule has 21 heavy (non-hydrogen) atoms. The number of sulfonamides is 1. The van der Waals surface area contributed by atoms with Gasteiger partial charge in [-0.3, -0.25) is 4.79 Å². The Morgan fingerprint density at radius 1 is 1.33 bits per heavy atom. The Hall–Kier alpha value is -1.44. The van der Waals surface area contributed by atoms with Crippen molar-refractivity contribution in [2.24, 2.45) is 0 Å². The standard InChI is InChI=1S/C14H19NO5S/c16-14(17)10-11-3-5-13(6-4-11)21(18,19)15-8-7-12-2-1-9-20-12/h3-6,12,15H,1-2,7-10H2,(H,16,17). The van der Waals surface area contributed by atoms with E-state index in [2.05, 4.69) is 4.72 Å². The van der Waals surface area contributed by atoms with Crippen molar-refractivity contribution >= 4 is 16.0 Å². The van der Waals surface area contributed by atoms with Crippen molar-refractivity contribution in [2.45, 2.75) is 36.7 Å². The minimum atomic E-state index is -3.55. The molecule has 0 aromatic heterocycles. The van der Waals surface area contributed by atoms with Gasteiger partial charge in [0.25, 0.3) is 0 Å². The van der Waals surface area contributed by atoms with Crippen molar-refractivity contribution in [3.05, 3.63) is 29.8 Å². The summed E-state index contributed by atoms with van der Waals surface area (Å²) in [6.45, 7) is 1.09. The largest absolute Gasteiger partial charge is 0.481 e. The number of carbonyl (C=O) groups is 1. The molecule has 6 nitrogen and oxygen atoms in total. The second-order valence-electron chi connectivity index (χ2n) is 5.04. The first-order valence-corrected chi connectivity index (χ1v) is 8.38. The number of hydrogen-bond acceptors (Lipinski definition) is 4. The summed E-state index contributed by atoms with van der Waals surface area (Å²) in [6.07, 6.45) is 2.70. The topological polar surface area (TPSA) is 92.7 Å². The minimum Gasteiger partial charge on any atom is -0.481 e. The van der Waals surface area contributed by atoms with Crippen molar-refractivity contribution in [1.82, 2.24) is 4.72 Å². The summed E-state index contributed by atoms with van der Waals surface area (Å²) in [5.41, 5.74) is 0.570. The smallest absolute Gasteiger partial charge is 0.307 e. The van der Waals surface area contributed by atoms with Gasteiger partial charge < -0.3 is 9.84 Å². The lowest BCUT2D eigenvalue weighted by atomic mass is 10.2. The van der Waals surface area contributed by atoms with Gasteiger partial charge in [-0.15, -0.1) is 0 Å². The van der Waals surface area contributed by atoms with Crippen LogP contribution >= 0.6 is 0 Å². The Morgan fingerprint density at radius 3 is 2.62 bits per heavy atom. The van der Waals surface area contributed by atoms with Crippen LogP contribution in [0, 0.1) is 0 Å². The molecule has 1 aliphatic rings. The van der Waals surface area contributed by atoms with E-state index in [-0.39, 0.29) is 17.4 Å². The Labute approximate surface area is 124 Å². The lowest BCUT2D eigenvalue weighted by Crippen LogP contribution is -2.27. The molecule has 1 aliphatic heterocycles. The van der Waals surface area contributed by atoms with Crippen LogP contribution in [0.2, 0.25) is 0 Å². The molecule has 1 atom stereocenters. The molecular formula is C14H19NO5S. The molecule has 2 rings (SSSR count). The third-order valence-corrected chi connectivity index (χ3v) is 4.85. The maximum Gasteiger partial charge on any atom is 0.307 e. The molecule has 1 heterocycles. The SMILES string of the molecule is O=C(O)Cc1ccc(S(=O)(=O)NCCC2CCCO2)cc1. The number of carboxylic acid groups (broad SMARTS) is 1. The number of ether oxygens (including phenoxy) is 1. The molecule has 0 aliphatic carbocycles. The van der Waals surface area contributed by atoms with E-state index in [1.165, 1.54) is 24.3 Å². The fourth-order valence-electron chi connectivity index (χ4n) is 2.27. The summed E-state index contributed by atoms with van der Waals surface area (Å²) in [5.74, 6) is -0.944. The van der Waals surface area contributed by atoms with Crippen LogP contribution in [0.4, 0.5) is 0 Å². The van der Waals surface area contributed by atoms with Crippen LogP contribution in [0.3, 0.4) is 0 Å².